The summed E-state index contributed by atoms with van der Waals surface area (Å²) in [6, 6.07) is 8.84. The number of ether oxygens (including phenoxy) is 1. The molecule has 0 spiro atoms. The number of rotatable bonds is 1. The Morgan fingerprint density at radius 2 is 1.71 bits per heavy atom. The molecular formula is C19H23NO3S. The number of allylic oxidation sites excluding steroid dienone is 2. The predicted molar refractivity (Wildman–Crippen MR) is 101 cm³/mol. The van der Waals surface area contributed by atoms with Gasteiger partial charge in [-0.15, -0.1) is 0 Å². The van der Waals surface area contributed by atoms with Crippen molar-refractivity contribution >= 4 is 30.5 Å². The van der Waals surface area contributed by atoms with Gasteiger partial charge in [0.15, 0.2) is 5.76 Å². The highest BCUT2D eigenvalue weighted by atomic mass is 32.1. The number of para-hydroxylation sites is 1. The first-order chi connectivity index (χ1) is 11.8. The van der Waals surface area contributed by atoms with E-state index in [4.69, 9.17) is 21.4 Å². The zero-order valence-electron chi connectivity index (χ0n) is 14.5. The molecule has 0 fully saturated rings. The number of fused-ring (bicyclic) bond motifs is 1. The van der Waals surface area contributed by atoms with Crippen molar-refractivity contribution in [3.8, 4) is 5.75 Å². The molecule has 3 rings (SSSR count). The van der Waals surface area contributed by atoms with Gasteiger partial charge in [-0.1, -0.05) is 58.0 Å². The summed E-state index contributed by atoms with van der Waals surface area (Å²) in [6.07, 6.45) is 7.68. The lowest BCUT2D eigenvalue weighted by Gasteiger charge is -2.05. The average molecular weight is 345 g/mol. The van der Waals surface area contributed by atoms with Crippen LogP contribution in [0.1, 0.15) is 45.6 Å². The maximum atomic E-state index is 12.2. The molecule has 128 valence electrons. The van der Waals surface area contributed by atoms with Crippen LogP contribution in [0.15, 0.2) is 46.9 Å². The van der Waals surface area contributed by atoms with Gasteiger partial charge in [0.2, 0.25) is 0 Å². The molecule has 5 heteroatoms. The van der Waals surface area contributed by atoms with Gasteiger partial charge in [0.05, 0.1) is 5.69 Å². The van der Waals surface area contributed by atoms with Crippen molar-refractivity contribution in [1.82, 2.24) is 4.57 Å². The Labute approximate surface area is 148 Å². The molecule has 1 aliphatic carbocycles. The van der Waals surface area contributed by atoms with Crippen LogP contribution in [-0.4, -0.2) is 10.7 Å². The molecule has 2 aromatic rings. The average Bonchev–Trinajstić information content (AvgIpc) is 2.79. The molecule has 1 heterocycles. The van der Waals surface area contributed by atoms with Gasteiger partial charge in [0.1, 0.15) is 5.75 Å². The van der Waals surface area contributed by atoms with Crippen molar-refractivity contribution in [3.63, 3.8) is 0 Å². The van der Waals surface area contributed by atoms with E-state index >= 15 is 0 Å². The minimum atomic E-state index is -0.578. The van der Waals surface area contributed by atoms with Crippen LogP contribution in [0.3, 0.4) is 0 Å². The Morgan fingerprint density at radius 1 is 1.08 bits per heavy atom. The zero-order valence-corrected chi connectivity index (χ0v) is 15.3. The summed E-state index contributed by atoms with van der Waals surface area (Å²) in [7, 11) is 0. The molecule has 0 bridgehead atoms. The van der Waals surface area contributed by atoms with E-state index in [2.05, 4.69) is 0 Å². The summed E-state index contributed by atoms with van der Waals surface area (Å²) in [5.41, 5.74) is 0.602. The molecule has 0 saturated heterocycles. The van der Waals surface area contributed by atoms with E-state index in [1.807, 2.05) is 45.9 Å². The van der Waals surface area contributed by atoms with E-state index in [-0.39, 0.29) is 4.84 Å². The highest BCUT2D eigenvalue weighted by Gasteiger charge is 2.19. The summed E-state index contributed by atoms with van der Waals surface area (Å²) in [6.45, 7) is 8.00. The summed E-state index contributed by atoms with van der Waals surface area (Å²) < 4.78 is 12.0. The van der Waals surface area contributed by atoms with Gasteiger partial charge in [-0.3, -0.25) is 0 Å². The second-order valence-corrected chi connectivity index (χ2v) is 4.52. The Bertz CT molecular complexity index is 755. The van der Waals surface area contributed by atoms with E-state index in [1.165, 1.54) is 4.57 Å². The third-order valence-electron chi connectivity index (χ3n) is 2.82. The van der Waals surface area contributed by atoms with Crippen LogP contribution >= 0.6 is 12.2 Å². The van der Waals surface area contributed by atoms with Crippen LogP contribution < -0.4 is 4.74 Å². The number of hydrogen-bond acceptors (Lipinski definition) is 4. The van der Waals surface area contributed by atoms with Crippen molar-refractivity contribution in [3.05, 3.63) is 58.8 Å². The van der Waals surface area contributed by atoms with E-state index < -0.39 is 6.09 Å². The molecule has 0 N–H and O–H groups in total. The fourth-order valence-electron chi connectivity index (χ4n) is 1.92. The predicted octanol–water partition coefficient (Wildman–Crippen LogP) is 6.34. The maximum absolute atomic E-state index is 12.2. The summed E-state index contributed by atoms with van der Waals surface area (Å²) in [5, 5.41) is 0. The summed E-state index contributed by atoms with van der Waals surface area (Å²) in [5.74, 6) is 1.02. The van der Waals surface area contributed by atoms with Crippen molar-refractivity contribution in [1.29, 1.82) is 0 Å². The smallest absolute Gasteiger partial charge is 0.427 e. The number of nitrogens with zero attached hydrogens (tertiary/aromatic N) is 1. The Balaban J connectivity index is 0.000000671. The van der Waals surface area contributed by atoms with Crippen molar-refractivity contribution in [2.45, 2.75) is 34.1 Å². The second-order valence-electron chi connectivity index (χ2n) is 4.17. The number of hydrogen-bond donors (Lipinski definition) is 0. The number of carbonyl (C=O) groups is 1. The third kappa shape index (κ3) is 4.80. The van der Waals surface area contributed by atoms with Gasteiger partial charge < -0.3 is 9.15 Å². The Morgan fingerprint density at radius 3 is 2.38 bits per heavy atom. The molecule has 1 aliphatic rings. The maximum Gasteiger partial charge on any atom is 0.427 e. The number of benzene rings is 1. The Hall–Kier alpha value is -2.40. The Kier molecular flexibility index (Phi) is 8.50. The van der Waals surface area contributed by atoms with E-state index in [0.717, 1.165) is 6.42 Å². The molecule has 0 radical (unpaired) electrons. The fourth-order valence-corrected chi connectivity index (χ4v) is 2.18. The van der Waals surface area contributed by atoms with Crippen LogP contribution in [0.4, 0.5) is 4.79 Å². The number of carbonyl (C=O) groups excluding carboxylic acids is 1. The SMILES string of the molecule is CC.CC.O=C(Oc1ccccc1)n1c2c(oc1=S)C=CCC=C2. The first-order valence-corrected chi connectivity index (χ1v) is 8.53. The second kappa shape index (κ2) is 10.4. The zero-order chi connectivity index (χ0) is 17.9. The van der Waals surface area contributed by atoms with Crippen molar-refractivity contribution < 1.29 is 13.9 Å². The van der Waals surface area contributed by atoms with Gasteiger partial charge in [-0.2, -0.15) is 0 Å². The van der Waals surface area contributed by atoms with Crippen molar-refractivity contribution in [2.75, 3.05) is 0 Å². The minimum absolute atomic E-state index is 0.0760. The monoisotopic (exact) mass is 345 g/mol. The minimum Gasteiger partial charge on any atom is -0.429 e. The molecule has 1 aromatic carbocycles. The van der Waals surface area contributed by atoms with E-state index in [0.29, 0.717) is 17.2 Å². The highest BCUT2D eigenvalue weighted by molar-refractivity contribution is 7.71. The largest absolute Gasteiger partial charge is 0.429 e. The van der Waals surface area contributed by atoms with Gasteiger partial charge in [-0.25, -0.2) is 9.36 Å². The van der Waals surface area contributed by atoms with Crippen LogP contribution in [0.5, 0.6) is 5.75 Å². The molecule has 1 aromatic heterocycles. The number of aromatic nitrogens is 1. The van der Waals surface area contributed by atoms with Crippen LogP contribution in [0.2, 0.25) is 0 Å². The van der Waals surface area contributed by atoms with Gasteiger partial charge in [0, 0.05) is 0 Å². The van der Waals surface area contributed by atoms with Crippen molar-refractivity contribution in [2.24, 2.45) is 0 Å². The number of oxazole rings is 1. The molecule has 4 nitrogen and oxygen atoms in total. The lowest BCUT2D eigenvalue weighted by molar-refractivity contribution is 0.200. The van der Waals surface area contributed by atoms with Crippen LogP contribution in [0.25, 0.3) is 12.2 Å². The molecule has 24 heavy (non-hydrogen) atoms. The standard InChI is InChI=1S/C15H11NO3S.2C2H6/c17-14(18-11-7-3-1-4-8-11)16-12-9-5-2-6-10-13(12)19-15(16)20;2*1-2/h1,3-10H,2H2;2*1-2H3. The lowest BCUT2D eigenvalue weighted by atomic mass is 10.3. The van der Waals surface area contributed by atoms with Crippen LogP contribution in [0, 0.1) is 4.84 Å². The first-order valence-electron chi connectivity index (χ1n) is 8.12. The third-order valence-corrected chi connectivity index (χ3v) is 3.09. The topological polar surface area (TPSA) is 44.4 Å². The molecule has 0 unspecified atom stereocenters. The lowest BCUT2D eigenvalue weighted by Crippen LogP contribution is -2.18. The van der Waals surface area contributed by atoms with Gasteiger partial charge in [0.25, 0.3) is 4.84 Å². The summed E-state index contributed by atoms with van der Waals surface area (Å²) in [4.78, 5) is 12.3. The van der Waals surface area contributed by atoms with E-state index in [9.17, 15) is 4.79 Å². The first kappa shape index (κ1) is 19.6. The quantitative estimate of drug-likeness (QED) is 0.566. The van der Waals surface area contributed by atoms with Crippen LogP contribution in [-0.2, 0) is 0 Å². The molecule has 0 aliphatic heterocycles. The van der Waals surface area contributed by atoms with E-state index in [1.54, 1.807) is 36.4 Å². The van der Waals surface area contributed by atoms with Gasteiger partial charge in [-0.05, 0) is 42.9 Å². The highest BCUT2D eigenvalue weighted by Crippen LogP contribution is 2.21. The normalized spacial score (nSPS) is 11.2. The van der Waals surface area contributed by atoms with Gasteiger partial charge >= 0.3 is 6.09 Å². The fraction of sp³-hybridized carbons (Fsp3) is 0.263. The summed E-state index contributed by atoms with van der Waals surface area (Å²) >= 11 is 5.09. The molecule has 0 atom stereocenters. The molecule has 0 saturated carbocycles. The molecular weight excluding hydrogens is 322 g/mol. The molecule has 0 amide bonds.